The summed E-state index contributed by atoms with van der Waals surface area (Å²) in [5, 5.41) is 11.0. The van der Waals surface area contributed by atoms with E-state index < -0.39 is 5.97 Å². The molecule has 0 heterocycles. The maximum absolute atomic E-state index is 11.0. The third-order valence-electron chi connectivity index (χ3n) is 1.97. The topological polar surface area (TPSA) is 66.4 Å². The summed E-state index contributed by atoms with van der Waals surface area (Å²) in [6, 6.07) is 0. The van der Waals surface area contributed by atoms with Crippen LogP contribution in [0.2, 0.25) is 0 Å². The van der Waals surface area contributed by atoms with Crippen LogP contribution >= 0.6 is 12.6 Å². The SMILES string of the molecule is O=C(O)CCC(=O)NCCCCCCS. The lowest BCUT2D eigenvalue weighted by Gasteiger charge is -2.03. The zero-order valence-corrected chi connectivity index (χ0v) is 9.76. The average Bonchev–Trinajstić information content (AvgIpc) is 2.20. The van der Waals surface area contributed by atoms with Gasteiger partial charge in [-0.05, 0) is 18.6 Å². The van der Waals surface area contributed by atoms with E-state index in [4.69, 9.17) is 5.11 Å². The smallest absolute Gasteiger partial charge is 0.303 e. The first kappa shape index (κ1) is 14.3. The Morgan fingerprint density at radius 1 is 1.07 bits per heavy atom. The number of carbonyl (C=O) groups is 2. The number of thiol groups is 1. The molecule has 0 aliphatic heterocycles. The second kappa shape index (κ2) is 9.83. The molecule has 0 aliphatic carbocycles. The van der Waals surface area contributed by atoms with E-state index in [1.807, 2.05) is 0 Å². The van der Waals surface area contributed by atoms with Crippen LogP contribution in [-0.2, 0) is 9.59 Å². The van der Waals surface area contributed by atoms with Crippen LogP contribution in [0.25, 0.3) is 0 Å². The number of hydrogen-bond acceptors (Lipinski definition) is 3. The normalized spacial score (nSPS) is 9.93. The second-order valence-corrected chi connectivity index (χ2v) is 3.83. The van der Waals surface area contributed by atoms with Gasteiger partial charge >= 0.3 is 5.97 Å². The van der Waals surface area contributed by atoms with Crippen molar-refractivity contribution in [2.75, 3.05) is 12.3 Å². The number of rotatable bonds is 9. The van der Waals surface area contributed by atoms with Crippen molar-refractivity contribution in [3.05, 3.63) is 0 Å². The molecule has 0 atom stereocenters. The Labute approximate surface area is 95.8 Å². The van der Waals surface area contributed by atoms with Gasteiger partial charge in [-0.1, -0.05) is 12.8 Å². The molecule has 0 aromatic rings. The summed E-state index contributed by atoms with van der Waals surface area (Å²) in [7, 11) is 0. The molecule has 0 saturated carbocycles. The van der Waals surface area contributed by atoms with Crippen LogP contribution in [0.1, 0.15) is 38.5 Å². The minimum atomic E-state index is -0.932. The van der Waals surface area contributed by atoms with Gasteiger partial charge < -0.3 is 10.4 Å². The molecule has 0 spiro atoms. The molecule has 1 amide bonds. The lowest BCUT2D eigenvalue weighted by molar-refractivity contribution is -0.138. The fraction of sp³-hybridized carbons (Fsp3) is 0.800. The monoisotopic (exact) mass is 233 g/mol. The Kier molecular flexibility index (Phi) is 9.36. The van der Waals surface area contributed by atoms with Crippen molar-refractivity contribution in [3.63, 3.8) is 0 Å². The number of carboxylic acid groups (broad SMARTS) is 1. The van der Waals surface area contributed by atoms with Crippen molar-refractivity contribution in [2.45, 2.75) is 38.5 Å². The van der Waals surface area contributed by atoms with E-state index in [0.717, 1.165) is 31.4 Å². The van der Waals surface area contributed by atoms with E-state index >= 15 is 0 Å². The van der Waals surface area contributed by atoms with Gasteiger partial charge in [-0.2, -0.15) is 12.6 Å². The summed E-state index contributed by atoms with van der Waals surface area (Å²) in [6.45, 7) is 0.644. The second-order valence-electron chi connectivity index (χ2n) is 3.38. The van der Waals surface area contributed by atoms with Crippen molar-refractivity contribution >= 4 is 24.5 Å². The Morgan fingerprint density at radius 2 is 1.73 bits per heavy atom. The van der Waals surface area contributed by atoms with Crippen LogP contribution in [0.15, 0.2) is 0 Å². The van der Waals surface area contributed by atoms with Gasteiger partial charge in [-0.3, -0.25) is 9.59 Å². The van der Waals surface area contributed by atoms with E-state index in [-0.39, 0.29) is 18.7 Å². The molecule has 0 saturated heterocycles. The summed E-state index contributed by atoms with van der Waals surface area (Å²) < 4.78 is 0. The third-order valence-corrected chi connectivity index (χ3v) is 2.29. The number of carboxylic acids is 1. The number of nitrogens with one attached hydrogen (secondary N) is 1. The molecule has 0 aliphatic rings. The van der Waals surface area contributed by atoms with Crippen molar-refractivity contribution in [3.8, 4) is 0 Å². The highest BCUT2D eigenvalue weighted by Gasteiger charge is 2.03. The van der Waals surface area contributed by atoms with Gasteiger partial charge in [0.25, 0.3) is 0 Å². The lowest BCUT2D eigenvalue weighted by Crippen LogP contribution is -2.24. The quantitative estimate of drug-likeness (QED) is 0.417. The Balaban J connectivity index is 3.20. The van der Waals surface area contributed by atoms with Crippen LogP contribution in [0.4, 0.5) is 0 Å². The highest BCUT2D eigenvalue weighted by Crippen LogP contribution is 1.99. The Morgan fingerprint density at radius 3 is 2.33 bits per heavy atom. The summed E-state index contributed by atoms with van der Waals surface area (Å²) in [5.41, 5.74) is 0. The zero-order chi connectivity index (χ0) is 11.5. The molecule has 0 rings (SSSR count). The number of aliphatic carboxylic acids is 1. The molecule has 88 valence electrons. The Hall–Kier alpha value is -0.710. The molecule has 0 aromatic carbocycles. The molecule has 5 heteroatoms. The molecule has 15 heavy (non-hydrogen) atoms. The fourth-order valence-electron chi connectivity index (χ4n) is 1.13. The summed E-state index contributed by atoms with van der Waals surface area (Å²) in [6.07, 6.45) is 4.26. The van der Waals surface area contributed by atoms with E-state index in [0.29, 0.717) is 6.54 Å². The van der Waals surface area contributed by atoms with Gasteiger partial charge in [-0.15, -0.1) is 0 Å². The number of hydrogen-bond donors (Lipinski definition) is 3. The molecule has 0 fully saturated rings. The van der Waals surface area contributed by atoms with Crippen LogP contribution in [-0.4, -0.2) is 29.3 Å². The molecular weight excluding hydrogens is 214 g/mol. The van der Waals surface area contributed by atoms with Crippen LogP contribution in [0.3, 0.4) is 0 Å². The minimum Gasteiger partial charge on any atom is -0.481 e. The lowest BCUT2D eigenvalue weighted by atomic mass is 10.2. The van der Waals surface area contributed by atoms with Crippen LogP contribution in [0.5, 0.6) is 0 Å². The van der Waals surface area contributed by atoms with Gasteiger partial charge in [0.05, 0.1) is 6.42 Å². The highest BCUT2D eigenvalue weighted by molar-refractivity contribution is 7.80. The van der Waals surface area contributed by atoms with Gasteiger partial charge in [-0.25, -0.2) is 0 Å². The van der Waals surface area contributed by atoms with Crippen molar-refractivity contribution in [1.82, 2.24) is 5.32 Å². The molecular formula is C10H19NO3S. The molecule has 2 N–H and O–H groups in total. The Bertz CT molecular complexity index is 197. The first-order chi connectivity index (χ1) is 7.16. The van der Waals surface area contributed by atoms with E-state index in [2.05, 4.69) is 17.9 Å². The fourth-order valence-corrected chi connectivity index (χ4v) is 1.35. The van der Waals surface area contributed by atoms with Crippen LogP contribution < -0.4 is 5.32 Å². The maximum atomic E-state index is 11.0. The maximum Gasteiger partial charge on any atom is 0.303 e. The van der Waals surface area contributed by atoms with Gasteiger partial charge in [0.15, 0.2) is 0 Å². The summed E-state index contributed by atoms with van der Waals surface area (Å²) in [5.74, 6) is -0.198. The van der Waals surface area contributed by atoms with Gasteiger partial charge in [0, 0.05) is 13.0 Å². The molecule has 0 radical (unpaired) electrons. The number of carbonyl (C=O) groups excluding carboxylic acids is 1. The summed E-state index contributed by atoms with van der Waals surface area (Å²) in [4.78, 5) is 21.2. The van der Waals surface area contributed by atoms with Crippen LogP contribution in [0, 0.1) is 0 Å². The first-order valence-electron chi connectivity index (χ1n) is 5.26. The number of amides is 1. The van der Waals surface area contributed by atoms with Crippen molar-refractivity contribution < 1.29 is 14.7 Å². The summed E-state index contributed by atoms with van der Waals surface area (Å²) >= 11 is 4.10. The zero-order valence-electron chi connectivity index (χ0n) is 8.87. The van der Waals surface area contributed by atoms with Crippen molar-refractivity contribution in [2.24, 2.45) is 0 Å². The largest absolute Gasteiger partial charge is 0.481 e. The van der Waals surface area contributed by atoms with Crippen molar-refractivity contribution in [1.29, 1.82) is 0 Å². The predicted octanol–water partition coefficient (Wildman–Crippen LogP) is 1.46. The highest BCUT2D eigenvalue weighted by atomic mass is 32.1. The molecule has 0 unspecified atom stereocenters. The standard InChI is InChI=1S/C10H19NO3S/c12-9(5-6-10(13)14)11-7-3-1-2-4-8-15/h15H,1-8H2,(H,11,12)(H,13,14). The predicted molar refractivity (Wildman–Crippen MR) is 62.2 cm³/mol. The number of unbranched alkanes of at least 4 members (excludes halogenated alkanes) is 3. The van der Waals surface area contributed by atoms with E-state index in [1.165, 1.54) is 0 Å². The molecule has 0 aromatic heterocycles. The minimum absolute atomic E-state index is 0.0754. The third kappa shape index (κ3) is 11.2. The van der Waals surface area contributed by atoms with E-state index in [1.54, 1.807) is 0 Å². The molecule has 0 bridgehead atoms. The average molecular weight is 233 g/mol. The molecule has 4 nitrogen and oxygen atoms in total. The first-order valence-corrected chi connectivity index (χ1v) is 5.89. The van der Waals surface area contributed by atoms with E-state index in [9.17, 15) is 9.59 Å². The van der Waals surface area contributed by atoms with Gasteiger partial charge in [0.1, 0.15) is 0 Å². The van der Waals surface area contributed by atoms with Gasteiger partial charge in [0.2, 0.25) is 5.91 Å².